The number of rotatable bonds is 5. The molecule has 0 aromatic carbocycles. The van der Waals surface area contributed by atoms with Crippen molar-refractivity contribution < 1.29 is 23.7 Å². The van der Waals surface area contributed by atoms with E-state index in [1.807, 2.05) is 0 Å². The first-order valence-electron chi connectivity index (χ1n) is 7.50. The van der Waals surface area contributed by atoms with Gasteiger partial charge in [0.2, 0.25) is 0 Å². The standard InChI is InChI=1S/C15H28O5/c1-9(2)8-10-6-7-11-12(19-10)13(16-3)14(17-4)15(18-5)20-11/h9-15H,6-8H2,1-5H3/t10-,11+,12+,13-,14+,15-/m0/s1. The van der Waals surface area contributed by atoms with Crippen molar-refractivity contribution in [3.63, 3.8) is 0 Å². The first-order valence-corrected chi connectivity index (χ1v) is 7.50. The molecule has 0 amide bonds. The molecule has 2 rings (SSSR count). The highest BCUT2D eigenvalue weighted by Gasteiger charge is 2.49. The van der Waals surface area contributed by atoms with Crippen LogP contribution in [0.1, 0.15) is 33.1 Å². The number of methoxy groups -OCH3 is 3. The largest absolute Gasteiger partial charge is 0.376 e. The first kappa shape index (κ1) is 16.2. The summed E-state index contributed by atoms with van der Waals surface area (Å²) >= 11 is 0. The number of hydrogen-bond donors (Lipinski definition) is 0. The molecule has 2 aliphatic rings. The predicted molar refractivity (Wildman–Crippen MR) is 74.6 cm³/mol. The Labute approximate surface area is 121 Å². The van der Waals surface area contributed by atoms with Crippen LogP contribution in [0.3, 0.4) is 0 Å². The van der Waals surface area contributed by atoms with Crippen LogP contribution in [-0.4, -0.2) is 58.1 Å². The minimum Gasteiger partial charge on any atom is -0.376 e. The molecule has 20 heavy (non-hydrogen) atoms. The predicted octanol–water partition coefficient (Wildman–Crippen LogP) is 1.98. The fourth-order valence-electron chi connectivity index (χ4n) is 3.32. The van der Waals surface area contributed by atoms with Gasteiger partial charge in [-0.05, 0) is 25.2 Å². The van der Waals surface area contributed by atoms with Crippen LogP contribution in [0, 0.1) is 5.92 Å². The van der Waals surface area contributed by atoms with Crippen LogP contribution < -0.4 is 0 Å². The van der Waals surface area contributed by atoms with Crippen molar-refractivity contribution in [1.29, 1.82) is 0 Å². The highest BCUT2D eigenvalue weighted by atomic mass is 16.7. The summed E-state index contributed by atoms with van der Waals surface area (Å²) in [7, 11) is 4.98. The summed E-state index contributed by atoms with van der Waals surface area (Å²) in [5.74, 6) is 0.631. The lowest BCUT2D eigenvalue weighted by atomic mass is 9.89. The van der Waals surface area contributed by atoms with E-state index in [1.54, 1.807) is 21.3 Å². The van der Waals surface area contributed by atoms with Crippen LogP contribution in [0.15, 0.2) is 0 Å². The molecule has 2 aliphatic heterocycles. The van der Waals surface area contributed by atoms with Gasteiger partial charge in [-0.2, -0.15) is 0 Å². The molecule has 0 N–H and O–H groups in total. The molecule has 5 nitrogen and oxygen atoms in total. The van der Waals surface area contributed by atoms with Crippen molar-refractivity contribution in [3.8, 4) is 0 Å². The van der Waals surface area contributed by atoms with Crippen molar-refractivity contribution in [3.05, 3.63) is 0 Å². The van der Waals surface area contributed by atoms with Gasteiger partial charge in [0.05, 0.1) is 12.2 Å². The quantitative estimate of drug-likeness (QED) is 0.774. The van der Waals surface area contributed by atoms with E-state index in [2.05, 4.69) is 13.8 Å². The Morgan fingerprint density at radius 1 is 0.950 bits per heavy atom. The Morgan fingerprint density at radius 3 is 2.20 bits per heavy atom. The van der Waals surface area contributed by atoms with E-state index in [0.29, 0.717) is 5.92 Å². The molecule has 0 bridgehead atoms. The van der Waals surface area contributed by atoms with Gasteiger partial charge in [0.15, 0.2) is 6.29 Å². The van der Waals surface area contributed by atoms with Crippen LogP contribution in [-0.2, 0) is 23.7 Å². The van der Waals surface area contributed by atoms with Crippen LogP contribution in [0.25, 0.3) is 0 Å². The maximum absolute atomic E-state index is 6.24. The van der Waals surface area contributed by atoms with E-state index in [0.717, 1.165) is 19.3 Å². The monoisotopic (exact) mass is 288 g/mol. The third kappa shape index (κ3) is 3.34. The molecule has 0 aromatic heterocycles. The number of hydrogen-bond acceptors (Lipinski definition) is 5. The Morgan fingerprint density at radius 2 is 1.65 bits per heavy atom. The van der Waals surface area contributed by atoms with Gasteiger partial charge < -0.3 is 23.7 Å². The van der Waals surface area contributed by atoms with E-state index in [1.165, 1.54) is 0 Å². The van der Waals surface area contributed by atoms with Gasteiger partial charge in [-0.3, -0.25) is 0 Å². The van der Waals surface area contributed by atoms with E-state index in [9.17, 15) is 0 Å². The second kappa shape index (κ2) is 7.18. The Hall–Kier alpha value is -0.200. The third-order valence-corrected chi connectivity index (χ3v) is 4.22. The van der Waals surface area contributed by atoms with Crippen molar-refractivity contribution in [2.24, 2.45) is 5.92 Å². The molecule has 0 aromatic rings. The molecule has 0 aliphatic carbocycles. The second-order valence-corrected chi connectivity index (χ2v) is 6.11. The first-order chi connectivity index (χ1) is 9.60. The summed E-state index contributed by atoms with van der Waals surface area (Å²) in [6.45, 7) is 4.44. The molecule has 0 saturated carbocycles. The zero-order chi connectivity index (χ0) is 14.7. The Balaban J connectivity index is 2.08. The maximum Gasteiger partial charge on any atom is 0.186 e. The second-order valence-electron chi connectivity index (χ2n) is 6.11. The van der Waals surface area contributed by atoms with Crippen molar-refractivity contribution in [1.82, 2.24) is 0 Å². The van der Waals surface area contributed by atoms with Crippen LogP contribution in [0.2, 0.25) is 0 Å². The minimum atomic E-state index is -0.392. The molecule has 2 saturated heterocycles. The Kier molecular flexibility index (Phi) is 5.81. The van der Waals surface area contributed by atoms with E-state index < -0.39 is 6.29 Å². The van der Waals surface area contributed by atoms with Gasteiger partial charge in [-0.1, -0.05) is 13.8 Å². The topological polar surface area (TPSA) is 46.2 Å². The van der Waals surface area contributed by atoms with Crippen molar-refractivity contribution >= 4 is 0 Å². The van der Waals surface area contributed by atoms with Crippen LogP contribution in [0.4, 0.5) is 0 Å². The molecule has 118 valence electrons. The lowest BCUT2D eigenvalue weighted by Gasteiger charge is -2.48. The van der Waals surface area contributed by atoms with Crippen molar-refractivity contribution in [2.75, 3.05) is 21.3 Å². The summed E-state index contributed by atoms with van der Waals surface area (Å²) in [4.78, 5) is 0. The number of fused-ring (bicyclic) bond motifs is 1. The van der Waals surface area contributed by atoms with Crippen LogP contribution >= 0.6 is 0 Å². The van der Waals surface area contributed by atoms with E-state index in [-0.39, 0.29) is 30.5 Å². The molecule has 0 radical (unpaired) electrons. The molecule has 2 heterocycles. The van der Waals surface area contributed by atoms with Crippen LogP contribution in [0.5, 0.6) is 0 Å². The van der Waals surface area contributed by atoms with E-state index in [4.69, 9.17) is 23.7 Å². The van der Waals surface area contributed by atoms with Gasteiger partial charge in [0, 0.05) is 21.3 Å². The molecular formula is C15H28O5. The molecule has 0 spiro atoms. The van der Waals surface area contributed by atoms with Gasteiger partial charge in [-0.25, -0.2) is 0 Å². The maximum atomic E-state index is 6.24. The normalized spacial score (nSPS) is 41.7. The van der Waals surface area contributed by atoms with Crippen molar-refractivity contribution in [2.45, 2.75) is 69.9 Å². The summed E-state index contributed by atoms with van der Waals surface area (Å²) in [6.07, 6.45) is 2.52. The lowest BCUT2D eigenvalue weighted by Crippen LogP contribution is -2.62. The summed E-state index contributed by atoms with van der Waals surface area (Å²) < 4.78 is 28.8. The molecule has 0 unspecified atom stereocenters. The Bertz CT molecular complexity index is 296. The lowest BCUT2D eigenvalue weighted by molar-refractivity contribution is -0.322. The van der Waals surface area contributed by atoms with Gasteiger partial charge in [0.1, 0.15) is 18.3 Å². The SMILES string of the molecule is CO[C@H]1O[C@@H]2CC[C@@H](CC(C)C)O[C@H]2[C@H](OC)[C@H]1OC. The zero-order valence-electron chi connectivity index (χ0n) is 13.2. The molecule has 6 atom stereocenters. The molecule has 5 heteroatoms. The van der Waals surface area contributed by atoms with Gasteiger partial charge >= 0.3 is 0 Å². The number of ether oxygens (including phenoxy) is 5. The smallest absolute Gasteiger partial charge is 0.186 e. The molecular weight excluding hydrogens is 260 g/mol. The highest BCUT2D eigenvalue weighted by molar-refractivity contribution is 4.95. The zero-order valence-corrected chi connectivity index (χ0v) is 13.2. The van der Waals surface area contributed by atoms with E-state index >= 15 is 0 Å². The minimum absolute atomic E-state index is 0.0275. The summed E-state index contributed by atoms with van der Waals surface area (Å²) in [6, 6.07) is 0. The average Bonchev–Trinajstić information content (AvgIpc) is 2.44. The van der Waals surface area contributed by atoms with Gasteiger partial charge in [0.25, 0.3) is 0 Å². The van der Waals surface area contributed by atoms with Gasteiger partial charge in [-0.15, -0.1) is 0 Å². The highest BCUT2D eigenvalue weighted by Crippen LogP contribution is 2.35. The summed E-state index contributed by atoms with van der Waals surface area (Å²) in [5, 5.41) is 0. The third-order valence-electron chi connectivity index (χ3n) is 4.22. The fraction of sp³-hybridized carbons (Fsp3) is 1.00. The average molecular weight is 288 g/mol. The summed E-state index contributed by atoms with van der Waals surface area (Å²) in [5.41, 5.74) is 0. The molecule has 2 fully saturated rings. The fourth-order valence-corrected chi connectivity index (χ4v) is 3.32.